The highest BCUT2D eigenvalue weighted by molar-refractivity contribution is 5.88. The Morgan fingerprint density at radius 2 is 1.77 bits per heavy atom. The number of alkyl halides is 3. The molecular weight excluding hydrogens is 407 g/mol. The lowest BCUT2D eigenvalue weighted by Crippen LogP contribution is -2.04. The molecule has 0 saturated carbocycles. The van der Waals surface area contributed by atoms with E-state index in [1.54, 1.807) is 7.11 Å². The summed E-state index contributed by atoms with van der Waals surface area (Å²) in [5.74, 6) is 0.0265. The third-order valence-electron chi connectivity index (χ3n) is 5.40. The number of fused-ring (bicyclic) bond motifs is 1. The number of ether oxygens (including phenoxy) is 1. The van der Waals surface area contributed by atoms with Gasteiger partial charge in [-0.15, -0.1) is 0 Å². The minimum atomic E-state index is -4.51. The van der Waals surface area contributed by atoms with Crippen LogP contribution in [0.2, 0.25) is 0 Å². The average Bonchev–Trinajstić information content (AvgIpc) is 3.05. The number of furan rings is 1. The topological polar surface area (TPSA) is 68.6 Å². The van der Waals surface area contributed by atoms with Crippen LogP contribution in [0.3, 0.4) is 0 Å². The molecule has 0 aliphatic carbocycles. The van der Waals surface area contributed by atoms with Gasteiger partial charge < -0.3 is 20.0 Å². The smallest absolute Gasteiger partial charge is 0.416 e. The fourth-order valence-electron chi connectivity index (χ4n) is 3.80. The van der Waals surface area contributed by atoms with Crippen LogP contribution in [0.5, 0.6) is 11.5 Å². The van der Waals surface area contributed by atoms with Gasteiger partial charge in [0.05, 0.1) is 18.2 Å². The molecule has 4 rings (SSSR count). The SMILES string of the molecule is COc1ccc2cccc(C(C)c3oc(N)c(-c4cccc(C(F)(F)F)c4)c3O)c2c1. The molecule has 1 unspecified atom stereocenters. The maximum atomic E-state index is 13.1. The van der Waals surface area contributed by atoms with E-state index in [-0.39, 0.29) is 28.5 Å². The Kier molecular flexibility index (Phi) is 5.05. The van der Waals surface area contributed by atoms with Crippen LogP contribution in [0.25, 0.3) is 21.9 Å². The molecule has 0 fully saturated rings. The van der Waals surface area contributed by atoms with E-state index < -0.39 is 17.7 Å². The van der Waals surface area contributed by atoms with Crippen LogP contribution in [0.4, 0.5) is 19.1 Å². The lowest BCUT2D eigenvalue weighted by atomic mass is 9.91. The number of benzene rings is 3. The maximum Gasteiger partial charge on any atom is 0.416 e. The fourth-order valence-corrected chi connectivity index (χ4v) is 3.80. The van der Waals surface area contributed by atoms with Gasteiger partial charge in [0.1, 0.15) is 5.75 Å². The molecule has 7 heteroatoms. The molecule has 0 aliphatic heterocycles. The zero-order chi connectivity index (χ0) is 22.3. The number of hydrogen-bond donors (Lipinski definition) is 2. The van der Waals surface area contributed by atoms with Crippen LogP contribution in [-0.2, 0) is 6.18 Å². The fraction of sp³-hybridized carbons (Fsp3) is 0.167. The normalized spacial score (nSPS) is 12.8. The lowest BCUT2D eigenvalue weighted by molar-refractivity contribution is -0.137. The second kappa shape index (κ2) is 7.58. The van der Waals surface area contributed by atoms with E-state index in [9.17, 15) is 18.3 Å². The number of nitrogens with two attached hydrogens (primary N) is 1. The van der Waals surface area contributed by atoms with Crippen LogP contribution in [0, 0.1) is 0 Å². The Morgan fingerprint density at radius 3 is 2.48 bits per heavy atom. The zero-order valence-electron chi connectivity index (χ0n) is 16.8. The molecule has 1 atom stereocenters. The molecule has 0 aliphatic rings. The molecule has 0 spiro atoms. The van der Waals surface area contributed by atoms with Crippen molar-refractivity contribution in [3.8, 4) is 22.6 Å². The second-order valence-corrected chi connectivity index (χ2v) is 7.29. The van der Waals surface area contributed by atoms with Gasteiger partial charge in [0.2, 0.25) is 5.88 Å². The third-order valence-corrected chi connectivity index (χ3v) is 5.40. The first-order valence-electron chi connectivity index (χ1n) is 9.56. The van der Waals surface area contributed by atoms with Gasteiger partial charge in [-0.25, -0.2) is 0 Å². The van der Waals surface area contributed by atoms with E-state index in [0.29, 0.717) is 5.75 Å². The quantitative estimate of drug-likeness (QED) is 0.387. The van der Waals surface area contributed by atoms with E-state index in [4.69, 9.17) is 14.9 Å². The Balaban J connectivity index is 1.82. The Hall–Kier alpha value is -3.61. The number of aromatic hydroxyl groups is 1. The Bertz CT molecular complexity index is 1260. The summed E-state index contributed by atoms with van der Waals surface area (Å²) in [5.41, 5.74) is 6.18. The summed E-state index contributed by atoms with van der Waals surface area (Å²) in [5, 5.41) is 12.8. The first-order valence-corrected chi connectivity index (χ1v) is 9.56. The van der Waals surface area contributed by atoms with Gasteiger partial charge in [-0.3, -0.25) is 0 Å². The molecule has 31 heavy (non-hydrogen) atoms. The minimum absolute atomic E-state index is 0.0470. The number of nitrogen functional groups attached to an aromatic ring is 1. The average molecular weight is 427 g/mol. The minimum Gasteiger partial charge on any atom is -0.504 e. The van der Waals surface area contributed by atoms with Gasteiger partial charge in [-0.2, -0.15) is 13.2 Å². The molecule has 0 bridgehead atoms. The van der Waals surface area contributed by atoms with E-state index in [1.807, 2.05) is 43.3 Å². The summed E-state index contributed by atoms with van der Waals surface area (Å²) in [6.45, 7) is 1.84. The van der Waals surface area contributed by atoms with Crippen molar-refractivity contribution in [1.82, 2.24) is 0 Å². The van der Waals surface area contributed by atoms with Crippen molar-refractivity contribution in [1.29, 1.82) is 0 Å². The number of methoxy groups -OCH3 is 1. The maximum absolute atomic E-state index is 13.1. The van der Waals surface area contributed by atoms with Crippen molar-refractivity contribution in [2.75, 3.05) is 12.8 Å². The summed E-state index contributed by atoms with van der Waals surface area (Å²) in [6.07, 6.45) is -4.51. The standard InChI is InChI=1S/C24H20F3NO3/c1-13(18-8-4-5-14-9-10-17(30-2)12-19(14)18)22-21(29)20(23(28)31-22)15-6-3-7-16(11-15)24(25,26)27/h3-13,29H,28H2,1-2H3. The molecule has 4 aromatic rings. The summed E-state index contributed by atoms with van der Waals surface area (Å²) in [4.78, 5) is 0. The van der Waals surface area contributed by atoms with Crippen LogP contribution >= 0.6 is 0 Å². The molecule has 1 heterocycles. The van der Waals surface area contributed by atoms with E-state index in [0.717, 1.165) is 28.5 Å². The van der Waals surface area contributed by atoms with E-state index in [1.165, 1.54) is 12.1 Å². The first-order chi connectivity index (χ1) is 14.7. The number of halogens is 3. The van der Waals surface area contributed by atoms with Crippen LogP contribution < -0.4 is 10.5 Å². The van der Waals surface area contributed by atoms with Crippen LogP contribution in [0.1, 0.15) is 29.7 Å². The molecule has 0 saturated heterocycles. The van der Waals surface area contributed by atoms with Crippen molar-refractivity contribution < 1.29 is 27.4 Å². The van der Waals surface area contributed by atoms with Crippen molar-refractivity contribution in [3.63, 3.8) is 0 Å². The highest BCUT2D eigenvalue weighted by Crippen LogP contribution is 2.46. The number of hydrogen-bond acceptors (Lipinski definition) is 4. The molecule has 1 aromatic heterocycles. The summed E-state index contributed by atoms with van der Waals surface area (Å²) in [6, 6.07) is 16.0. The van der Waals surface area contributed by atoms with Crippen molar-refractivity contribution in [3.05, 3.63) is 77.6 Å². The predicted molar refractivity (Wildman–Crippen MR) is 113 cm³/mol. The molecule has 160 valence electrons. The van der Waals surface area contributed by atoms with Crippen molar-refractivity contribution in [2.45, 2.75) is 19.0 Å². The predicted octanol–water partition coefficient (Wildman–Crippen LogP) is 6.57. The highest BCUT2D eigenvalue weighted by atomic mass is 19.4. The van der Waals surface area contributed by atoms with Crippen LogP contribution in [-0.4, -0.2) is 12.2 Å². The summed E-state index contributed by atoms with van der Waals surface area (Å²) >= 11 is 0. The van der Waals surface area contributed by atoms with Gasteiger partial charge in [-0.05, 0) is 46.2 Å². The summed E-state index contributed by atoms with van der Waals surface area (Å²) in [7, 11) is 1.58. The summed E-state index contributed by atoms with van der Waals surface area (Å²) < 4.78 is 50.4. The van der Waals surface area contributed by atoms with Gasteiger partial charge in [0, 0.05) is 5.92 Å². The Morgan fingerprint density at radius 1 is 1.03 bits per heavy atom. The van der Waals surface area contributed by atoms with Crippen molar-refractivity contribution in [2.24, 2.45) is 0 Å². The monoisotopic (exact) mass is 427 g/mol. The Labute approximate surface area is 176 Å². The van der Waals surface area contributed by atoms with Gasteiger partial charge >= 0.3 is 6.18 Å². The van der Waals surface area contributed by atoms with Gasteiger partial charge in [-0.1, -0.05) is 43.3 Å². The number of rotatable bonds is 4. The molecule has 4 nitrogen and oxygen atoms in total. The van der Waals surface area contributed by atoms with Crippen molar-refractivity contribution >= 4 is 16.7 Å². The van der Waals surface area contributed by atoms with E-state index in [2.05, 4.69) is 0 Å². The van der Waals surface area contributed by atoms with Crippen LogP contribution in [0.15, 0.2) is 65.1 Å². The second-order valence-electron chi connectivity index (χ2n) is 7.29. The molecule has 3 aromatic carbocycles. The molecular formula is C24H20F3NO3. The highest BCUT2D eigenvalue weighted by Gasteiger charge is 2.32. The van der Waals surface area contributed by atoms with Gasteiger partial charge in [0.25, 0.3) is 0 Å². The lowest BCUT2D eigenvalue weighted by Gasteiger charge is -2.14. The number of anilines is 1. The first kappa shape index (κ1) is 20.7. The zero-order valence-corrected chi connectivity index (χ0v) is 16.8. The van der Waals surface area contributed by atoms with Gasteiger partial charge in [0.15, 0.2) is 11.5 Å². The largest absolute Gasteiger partial charge is 0.504 e. The third kappa shape index (κ3) is 3.67. The molecule has 0 radical (unpaired) electrons. The van der Waals surface area contributed by atoms with E-state index >= 15 is 0 Å². The molecule has 0 amide bonds. The molecule has 3 N–H and O–H groups in total.